The van der Waals surface area contributed by atoms with Crippen LogP contribution in [-0.4, -0.2) is 47.8 Å². The highest BCUT2D eigenvalue weighted by Gasteiger charge is 2.38. The van der Waals surface area contributed by atoms with Crippen molar-refractivity contribution in [3.63, 3.8) is 0 Å². The molecular formula is C23H26N2O2. The third-order valence-electron chi connectivity index (χ3n) is 5.04. The number of hydrogen-bond donors (Lipinski definition) is 0. The second-order valence-electron chi connectivity index (χ2n) is 6.62. The van der Waals surface area contributed by atoms with E-state index in [0.29, 0.717) is 17.7 Å². The van der Waals surface area contributed by atoms with E-state index in [2.05, 4.69) is 18.7 Å². The van der Waals surface area contributed by atoms with Crippen molar-refractivity contribution >= 4 is 23.0 Å². The summed E-state index contributed by atoms with van der Waals surface area (Å²) in [5.74, 6) is -0.380. The standard InChI is InChI=1S/C23H26N2O2/c1-3-24(4-2)16-11-17-25-22(26)20(18-12-7-5-8-13-18)21(23(25)27)19-14-9-6-10-15-19/h5-10,12-15H,3-4,11,16-17H2,1-2H3. The fraction of sp³-hybridized carbons (Fsp3) is 0.304. The zero-order valence-electron chi connectivity index (χ0n) is 16.0. The molecule has 2 amide bonds. The van der Waals surface area contributed by atoms with Crippen molar-refractivity contribution in [3.8, 4) is 0 Å². The highest BCUT2D eigenvalue weighted by molar-refractivity contribution is 6.48. The lowest BCUT2D eigenvalue weighted by atomic mass is 9.96. The number of carbonyl (C=O) groups excluding carboxylic acids is 2. The fourth-order valence-corrected chi connectivity index (χ4v) is 3.52. The molecule has 0 aliphatic carbocycles. The van der Waals surface area contributed by atoms with Gasteiger partial charge >= 0.3 is 0 Å². The van der Waals surface area contributed by atoms with Crippen LogP contribution in [0.25, 0.3) is 11.1 Å². The topological polar surface area (TPSA) is 40.6 Å². The van der Waals surface area contributed by atoms with E-state index in [0.717, 1.165) is 37.2 Å². The Morgan fingerprint density at radius 3 is 1.59 bits per heavy atom. The maximum absolute atomic E-state index is 13.1. The molecule has 3 rings (SSSR count). The van der Waals surface area contributed by atoms with Crippen LogP contribution in [0.4, 0.5) is 0 Å². The Bertz CT molecular complexity index is 762. The molecule has 27 heavy (non-hydrogen) atoms. The fourth-order valence-electron chi connectivity index (χ4n) is 3.52. The van der Waals surface area contributed by atoms with Crippen LogP contribution in [0.2, 0.25) is 0 Å². The first-order valence-electron chi connectivity index (χ1n) is 9.61. The highest BCUT2D eigenvalue weighted by Crippen LogP contribution is 2.35. The molecule has 0 radical (unpaired) electrons. The van der Waals surface area contributed by atoms with Gasteiger partial charge in [-0.15, -0.1) is 0 Å². The van der Waals surface area contributed by atoms with E-state index in [1.807, 2.05) is 60.7 Å². The molecule has 0 N–H and O–H groups in total. The molecule has 0 unspecified atom stereocenters. The van der Waals surface area contributed by atoms with Gasteiger partial charge in [0.2, 0.25) is 0 Å². The molecule has 0 spiro atoms. The van der Waals surface area contributed by atoms with Crippen LogP contribution in [0.3, 0.4) is 0 Å². The highest BCUT2D eigenvalue weighted by atomic mass is 16.2. The first kappa shape index (κ1) is 19.1. The minimum Gasteiger partial charge on any atom is -0.304 e. The van der Waals surface area contributed by atoms with Crippen molar-refractivity contribution in [2.75, 3.05) is 26.2 Å². The van der Waals surface area contributed by atoms with Crippen LogP contribution in [-0.2, 0) is 9.59 Å². The lowest BCUT2D eigenvalue weighted by molar-refractivity contribution is -0.136. The zero-order valence-corrected chi connectivity index (χ0v) is 16.0. The normalized spacial score (nSPS) is 14.6. The second-order valence-corrected chi connectivity index (χ2v) is 6.62. The van der Waals surface area contributed by atoms with E-state index in [-0.39, 0.29) is 11.8 Å². The quantitative estimate of drug-likeness (QED) is 0.673. The van der Waals surface area contributed by atoms with Crippen LogP contribution in [0.1, 0.15) is 31.4 Å². The maximum Gasteiger partial charge on any atom is 0.262 e. The molecule has 0 fully saturated rings. The van der Waals surface area contributed by atoms with Gasteiger partial charge in [0.15, 0.2) is 0 Å². The van der Waals surface area contributed by atoms with E-state index >= 15 is 0 Å². The summed E-state index contributed by atoms with van der Waals surface area (Å²) in [4.78, 5) is 30.0. The van der Waals surface area contributed by atoms with Crippen molar-refractivity contribution in [2.45, 2.75) is 20.3 Å². The number of rotatable bonds is 8. The van der Waals surface area contributed by atoms with Crippen LogP contribution < -0.4 is 0 Å². The lowest BCUT2D eigenvalue weighted by Gasteiger charge is -2.20. The largest absolute Gasteiger partial charge is 0.304 e. The third kappa shape index (κ3) is 4.01. The van der Waals surface area contributed by atoms with Gasteiger partial charge in [-0.05, 0) is 37.2 Å². The molecule has 2 aromatic carbocycles. The summed E-state index contributed by atoms with van der Waals surface area (Å²) in [5, 5.41) is 0. The summed E-state index contributed by atoms with van der Waals surface area (Å²) in [6.45, 7) is 7.52. The number of carbonyl (C=O) groups is 2. The predicted octanol–water partition coefficient (Wildman–Crippen LogP) is 3.70. The molecule has 4 heteroatoms. The number of nitrogens with zero attached hydrogens (tertiary/aromatic N) is 2. The minimum absolute atomic E-state index is 0.190. The van der Waals surface area contributed by atoms with Crippen LogP contribution in [0.15, 0.2) is 60.7 Å². The summed E-state index contributed by atoms with van der Waals surface area (Å²) < 4.78 is 0. The van der Waals surface area contributed by atoms with Gasteiger partial charge in [-0.2, -0.15) is 0 Å². The zero-order chi connectivity index (χ0) is 19.2. The Labute approximate surface area is 161 Å². The Kier molecular flexibility index (Phi) is 6.20. The molecule has 0 saturated heterocycles. The minimum atomic E-state index is -0.190. The Hall–Kier alpha value is -2.72. The van der Waals surface area contributed by atoms with Gasteiger partial charge in [0.1, 0.15) is 0 Å². The smallest absolute Gasteiger partial charge is 0.262 e. The summed E-state index contributed by atoms with van der Waals surface area (Å²) in [5.41, 5.74) is 2.60. The molecule has 140 valence electrons. The van der Waals surface area contributed by atoms with Crippen molar-refractivity contribution in [1.82, 2.24) is 9.80 Å². The molecule has 0 aromatic heterocycles. The number of imide groups is 1. The molecule has 2 aromatic rings. The van der Waals surface area contributed by atoms with E-state index in [1.165, 1.54) is 4.90 Å². The predicted molar refractivity (Wildman–Crippen MR) is 109 cm³/mol. The molecule has 0 bridgehead atoms. The van der Waals surface area contributed by atoms with E-state index < -0.39 is 0 Å². The monoisotopic (exact) mass is 362 g/mol. The van der Waals surface area contributed by atoms with Crippen molar-refractivity contribution < 1.29 is 9.59 Å². The summed E-state index contributed by atoms with van der Waals surface area (Å²) in [6.07, 6.45) is 0.781. The number of amides is 2. The average Bonchev–Trinajstić information content (AvgIpc) is 2.97. The van der Waals surface area contributed by atoms with Gasteiger partial charge in [-0.1, -0.05) is 74.5 Å². The third-order valence-corrected chi connectivity index (χ3v) is 5.04. The molecule has 1 heterocycles. The van der Waals surface area contributed by atoms with Crippen molar-refractivity contribution in [3.05, 3.63) is 71.8 Å². The first-order chi connectivity index (χ1) is 13.2. The van der Waals surface area contributed by atoms with E-state index in [1.54, 1.807) is 0 Å². The van der Waals surface area contributed by atoms with E-state index in [9.17, 15) is 9.59 Å². The summed E-state index contributed by atoms with van der Waals surface area (Å²) >= 11 is 0. The average molecular weight is 362 g/mol. The molecule has 0 atom stereocenters. The van der Waals surface area contributed by atoms with E-state index in [4.69, 9.17) is 0 Å². The van der Waals surface area contributed by atoms with Gasteiger partial charge in [-0.25, -0.2) is 0 Å². The molecule has 1 aliphatic rings. The van der Waals surface area contributed by atoms with Crippen molar-refractivity contribution in [2.24, 2.45) is 0 Å². The Balaban J connectivity index is 1.90. The van der Waals surface area contributed by atoms with Gasteiger partial charge < -0.3 is 4.90 Å². The second kappa shape index (κ2) is 8.78. The Morgan fingerprint density at radius 1 is 0.741 bits per heavy atom. The summed E-state index contributed by atoms with van der Waals surface area (Å²) in [7, 11) is 0. The van der Waals surface area contributed by atoms with Crippen LogP contribution >= 0.6 is 0 Å². The molecule has 1 aliphatic heterocycles. The van der Waals surface area contributed by atoms with Gasteiger partial charge in [0, 0.05) is 6.54 Å². The lowest BCUT2D eigenvalue weighted by Crippen LogP contribution is -2.35. The summed E-state index contributed by atoms with van der Waals surface area (Å²) in [6, 6.07) is 19.0. The SMILES string of the molecule is CCN(CC)CCCN1C(=O)C(c2ccccc2)=C(c2ccccc2)C1=O. The molecule has 4 nitrogen and oxygen atoms in total. The number of benzene rings is 2. The maximum atomic E-state index is 13.1. The van der Waals surface area contributed by atoms with Gasteiger partial charge in [0.05, 0.1) is 11.1 Å². The molecular weight excluding hydrogens is 336 g/mol. The van der Waals surface area contributed by atoms with Gasteiger partial charge in [-0.3, -0.25) is 14.5 Å². The van der Waals surface area contributed by atoms with Crippen LogP contribution in [0.5, 0.6) is 0 Å². The Morgan fingerprint density at radius 2 is 1.19 bits per heavy atom. The van der Waals surface area contributed by atoms with Crippen LogP contribution in [0, 0.1) is 0 Å². The first-order valence-corrected chi connectivity index (χ1v) is 9.61. The molecule has 0 saturated carbocycles. The van der Waals surface area contributed by atoms with Crippen molar-refractivity contribution in [1.29, 1.82) is 0 Å². The van der Waals surface area contributed by atoms with Gasteiger partial charge in [0.25, 0.3) is 11.8 Å². The number of hydrogen-bond acceptors (Lipinski definition) is 3.